The monoisotopic (exact) mass is 368 g/mol. The highest BCUT2D eigenvalue weighted by Crippen LogP contribution is 2.26. The standard InChI is InChI=1S/C14H13ClN4O6/c1-18-13(21)5-4-10(17-18)14(22)25-7-12(20)16-11-6-8(19(23)24)2-3-9(11)15/h2-3,6H,4-5,7H2,1H3,(H,16,20). The molecule has 1 aromatic rings. The lowest BCUT2D eigenvalue weighted by Crippen LogP contribution is -2.33. The van der Waals surface area contributed by atoms with Crippen LogP contribution in [0.5, 0.6) is 0 Å². The second-order valence-corrected chi connectivity index (χ2v) is 5.42. The number of rotatable bonds is 5. The van der Waals surface area contributed by atoms with E-state index < -0.39 is 23.4 Å². The van der Waals surface area contributed by atoms with E-state index in [0.29, 0.717) is 0 Å². The number of nitrogens with one attached hydrogen (secondary N) is 1. The first-order chi connectivity index (χ1) is 11.8. The molecule has 0 spiro atoms. The Morgan fingerprint density at radius 2 is 2.16 bits per heavy atom. The van der Waals surface area contributed by atoms with Crippen LogP contribution in [-0.4, -0.2) is 47.1 Å². The lowest BCUT2D eigenvalue weighted by atomic mass is 10.2. The van der Waals surface area contributed by atoms with Crippen molar-refractivity contribution in [3.8, 4) is 0 Å². The van der Waals surface area contributed by atoms with Crippen molar-refractivity contribution in [2.45, 2.75) is 12.8 Å². The minimum Gasteiger partial charge on any atom is -0.451 e. The van der Waals surface area contributed by atoms with E-state index in [-0.39, 0.29) is 40.9 Å². The molecule has 11 heteroatoms. The van der Waals surface area contributed by atoms with Crippen LogP contribution in [0.1, 0.15) is 12.8 Å². The molecule has 1 N–H and O–H groups in total. The molecule has 1 aliphatic heterocycles. The van der Waals surface area contributed by atoms with Crippen LogP contribution in [0, 0.1) is 10.1 Å². The molecule has 25 heavy (non-hydrogen) atoms. The number of nitrogens with zero attached hydrogens (tertiary/aromatic N) is 3. The summed E-state index contributed by atoms with van der Waals surface area (Å²) >= 11 is 5.86. The second-order valence-electron chi connectivity index (χ2n) is 5.01. The van der Waals surface area contributed by atoms with Gasteiger partial charge in [-0.25, -0.2) is 9.80 Å². The van der Waals surface area contributed by atoms with E-state index in [4.69, 9.17) is 16.3 Å². The molecule has 0 bridgehead atoms. The average Bonchev–Trinajstić information content (AvgIpc) is 2.57. The summed E-state index contributed by atoms with van der Waals surface area (Å²) in [5.41, 5.74) is -0.193. The van der Waals surface area contributed by atoms with Gasteiger partial charge in [-0.3, -0.25) is 19.7 Å². The number of nitro benzene ring substituents is 1. The van der Waals surface area contributed by atoms with Gasteiger partial charge in [0.25, 0.3) is 11.6 Å². The normalized spacial score (nSPS) is 13.9. The average molecular weight is 369 g/mol. The second kappa shape index (κ2) is 7.71. The van der Waals surface area contributed by atoms with Gasteiger partial charge in [0, 0.05) is 32.0 Å². The van der Waals surface area contributed by atoms with Gasteiger partial charge in [0.1, 0.15) is 5.71 Å². The van der Waals surface area contributed by atoms with Crippen LogP contribution in [0.4, 0.5) is 11.4 Å². The molecule has 0 atom stereocenters. The van der Waals surface area contributed by atoms with Crippen molar-refractivity contribution in [3.05, 3.63) is 33.3 Å². The van der Waals surface area contributed by atoms with Gasteiger partial charge in [-0.2, -0.15) is 5.10 Å². The van der Waals surface area contributed by atoms with E-state index in [1.807, 2.05) is 0 Å². The molecule has 0 saturated heterocycles. The summed E-state index contributed by atoms with van der Waals surface area (Å²) in [6.45, 7) is -0.630. The Labute approximate surface area is 146 Å². The van der Waals surface area contributed by atoms with E-state index in [2.05, 4.69) is 10.4 Å². The Kier molecular flexibility index (Phi) is 5.65. The first-order valence-corrected chi connectivity index (χ1v) is 7.40. The summed E-state index contributed by atoms with van der Waals surface area (Å²) in [4.78, 5) is 45.0. The van der Waals surface area contributed by atoms with E-state index in [0.717, 1.165) is 11.1 Å². The molecule has 0 aliphatic carbocycles. The first kappa shape index (κ1) is 18.3. The number of hydrazone groups is 1. The fourth-order valence-electron chi connectivity index (χ4n) is 1.94. The van der Waals surface area contributed by atoms with Gasteiger partial charge >= 0.3 is 5.97 Å². The summed E-state index contributed by atoms with van der Waals surface area (Å²) in [6, 6.07) is 3.55. The van der Waals surface area contributed by atoms with E-state index in [1.54, 1.807) is 0 Å². The molecule has 1 heterocycles. The van der Waals surface area contributed by atoms with Crippen LogP contribution in [0.15, 0.2) is 23.3 Å². The molecule has 10 nitrogen and oxygen atoms in total. The van der Waals surface area contributed by atoms with E-state index in [9.17, 15) is 24.5 Å². The largest absolute Gasteiger partial charge is 0.451 e. The smallest absolute Gasteiger partial charge is 0.355 e. The molecular weight excluding hydrogens is 356 g/mol. The molecule has 0 unspecified atom stereocenters. The third-order valence-corrected chi connectivity index (χ3v) is 3.54. The summed E-state index contributed by atoms with van der Waals surface area (Å²) in [7, 11) is 1.41. The maximum absolute atomic E-state index is 11.8. The Morgan fingerprint density at radius 1 is 1.44 bits per heavy atom. The van der Waals surface area contributed by atoms with Crippen molar-refractivity contribution in [1.82, 2.24) is 5.01 Å². The topological polar surface area (TPSA) is 131 Å². The van der Waals surface area contributed by atoms with Crippen molar-refractivity contribution < 1.29 is 24.0 Å². The summed E-state index contributed by atoms with van der Waals surface area (Å²) in [6.07, 6.45) is 0.250. The van der Waals surface area contributed by atoms with Crippen molar-refractivity contribution in [3.63, 3.8) is 0 Å². The van der Waals surface area contributed by atoms with Gasteiger partial charge in [-0.15, -0.1) is 0 Å². The summed E-state index contributed by atoms with van der Waals surface area (Å²) in [5.74, 6) is -1.77. The molecule has 2 amide bonds. The Hall–Kier alpha value is -3.01. The third kappa shape index (κ3) is 4.73. The number of amides is 2. The predicted molar refractivity (Wildman–Crippen MR) is 87.1 cm³/mol. The van der Waals surface area contributed by atoms with Crippen LogP contribution >= 0.6 is 11.6 Å². The number of esters is 1. The quantitative estimate of drug-likeness (QED) is 0.474. The number of anilines is 1. The fraction of sp³-hybridized carbons (Fsp3) is 0.286. The predicted octanol–water partition coefficient (Wildman–Crippen LogP) is 1.34. The highest BCUT2D eigenvalue weighted by molar-refractivity contribution is 6.37. The fourth-order valence-corrected chi connectivity index (χ4v) is 2.10. The lowest BCUT2D eigenvalue weighted by molar-refractivity contribution is -0.384. The summed E-state index contributed by atoms with van der Waals surface area (Å²) < 4.78 is 4.82. The zero-order valence-electron chi connectivity index (χ0n) is 13.0. The molecule has 0 saturated carbocycles. The highest BCUT2D eigenvalue weighted by Gasteiger charge is 2.23. The Morgan fingerprint density at radius 3 is 2.80 bits per heavy atom. The number of halogens is 1. The number of non-ortho nitro benzene ring substituents is 1. The number of hydrogen-bond acceptors (Lipinski definition) is 7. The number of nitro groups is 1. The third-order valence-electron chi connectivity index (χ3n) is 3.21. The zero-order valence-corrected chi connectivity index (χ0v) is 13.8. The Bertz CT molecular complexity index is 779. The van der Waals surface area contributed by atoms with E-state index in [1.165, 1.54) is 19.2 Å². The van der Waals surface area contributed by atoms with Crippen molar-refractivity contribution in [2.75, 3.05) is 19.0 Å². The molecule has 132 valence electrons. The van der Waals surface area contributed by atoms with Crippen LogP contribution in [-0.2, 0) is 19.1 Å². The molecular formula is C14H13ClN4O6. The number of ether oxygens (including phenoxy) is 1. The minimum atomic E-state index is -0.820. The van der Waals surface area contributed by atoms with Gasteiger partial charge in [0.2, 0.25) is 5.91 Å². The molecule has 0 fully saturated rings. The van der Waals surface area contributed by atoms with Crippen LogP contribution in [0.3, 0.4) is 0 Å². The highest BCUT2D eigenvalue weighted by atomic mass is 35.5. The molecule has 1 aliphatic rings. The van der Waals surface area contributed by atoms with Gasteiger partial charge in [-0.1, -0.05) is 11.6 Å². The van der Waals surface area contributed by atoms with Crippen LogP contribution in [0.2, 0.25) is 5.02 Å². The van der Waals surface area contributed by atoms with E-state index >= 15 is 0 Å². The SMILES string of the molecule is CN1N=C(C(=O)OCC(=O)Nc2cc([N+](=O)[O-])ccc2Cl)CCC1=O. The number of carbonyl (C=O) groups excluding carboxylic acids is 3. The van der Waals surface area contributed by atoms with Crippen molar-refractivity contribution in [2.24, 2.45) is 5.10 Å². The summed E-state index contributed by atoms with van der Waals surface area (Å²) in [5, 5.41) is 18.0. The number of benzene rings is 1. The van der Waals surface area contributed by atoms with Gasteiger partial charge in [0.15, 0.2) is 6.61 Å². The first-order valence-electron chi connectivity index (χ1n) is 7.03. The molecule has 1 aromatic carbocycles. The molecule has 0 radical (unpaired) electrons. The maximum Gasteiger partial charge on any atom is 0.355 e. The zero-order chi connectivity index (χ0) is 18.6. The van der Waals surface area contributed by atoms with Gasteiger partial charge in [-0.05, 0) is 6.07 Å². The van der Waals surface area contributed by atoms with Crippen LogP contribution < -0.4 is 5.32 Å². The van der Waals surface area contributed by atoms with Gasteiger partial charge < -0.3 is 10.1 Å². The van der Waals surface area contributed by atoms with Crippen LogP contribution in [0.25, 0.3) is 0 Å². The maximum atomic E-state index is 11.8. The molecule has 2 rings (SSSR count). The minimum absolute atomic E-state index is 0.0252. The van der Waals surface area contributed by atoms with Crippen molar-refractivity contribution >= 4 is 46.5 Å². The number of carbonyl (C=O) groups is 3. The Balaban J connectivity index is 1.94. The van der Waals surface area contributed by atoms with Crippen molar-refractivity contribution in [1.29, 1.82) is 0 Å². The van der Waals surface area contributed by atoms with Gasteiger partial charge in [0.05, 0.1) is 15.6 Å². The molecule has 0 aromatic heterocycles. The number of hydrogen-bond donors (Lipinski definition) is 1. The lowest BCUT2D eigenvalue weighted by Gasteiger charge is -2.18.